The summed E-state index contributed by atoms with van der Waals surface area (Å²) >= 11 is 6.44. The number of halogens is 1. The zero-order valence-electron chi connectivity index (χ0n) is 20.1. The summed E-state index contributed by atoms with van der Waals surface area (Å²) in [4.78, 5) is 25.5. The number of esters is 1. The Hall–Kier alpha value is -3.19. The smallest absolute Gasteiger partial charge is 0.343 e. The molecule has 0 bridgehead atoms. The second kappa shape index (κ2) is 11.3. The molecule has 0 amide bonds. The fourth-order valence-electron chi connectivity index (χ4n) is 3.84. The summed E-state index contributed by atoms with van der Waals surface area (Å²) in [6, 6.07) is 6.08. The van der Waals surface area contributed by atoms with Crippen molar-refractivity contribution in [3.05, 3.63) is 56.4 Å². The Labute approximate surface area is 203 Å². The number of rotatable bonds is 10. The van der Waals surface area contributed by atoms with Gasteiger partial charge in [-0.15, -0.1) is 0 Å². The minimum absolute atomic E-state index is 0.0752. The maximum Gasteiger partial charge on any atom is 0.343 e. The number of aryl methyl sites for hydroxylation is 1. The van der Waals surface area contributed by atoms with Gasteiger partial charge in [0.1, 0.15) is 5.58 Å². The third-order valence-corrected chi connectivity index (χ3v) is 6.02. The highest BCUT2D eigenvalue weighted by Crippen LogP contribution is 2.39. The first-order valence-electron chi connectivity index (χ1n) is 11.1. The summed E-state index contributed by atoms with van der Waals surface area (Å²) in [5, 5.41) is 0.935. The Morgan fingerprint density at radius 3 is 2.21 bits per heavy atom. The van der Waals surface area contributed by atoms with Crippen LogP contribution in [0.1, 0.15) is 54.1 Å². The molecule has 0 aliphatic heterocycles. The highest BCUT2D eigenvalue weighted by atomic mass is 35.5. The fraction of sp³-hybridized carbons (Fsp3) is 0.385. The van der Waals surface area contributed by atoms with E-state index in [0.717, 1.165) is 31.2 Å². The van der Waals surface area contributed by atoms with E-state index < -0.39 is 5.97 Å². The lowest BCUT2D eigenvalue weighted by Crippen LogP contribution is -2.12. The summed E-state index contributed by atoms with van der Waals surface area (Å²) in [5.41, 5.74) is 1.57. The number of fused-ring (bicyclic) bond motifs is 1. The van der Waals surface area contributed by atoms with Crippen molar-refractivity contribution in [3.63, 3.8) is 0 Å². The molecule has 2 aromatic carbocycles. The Bertz CT molecular complexity index is 1220. The average Bonchev–Trinajstić information content (AvgIpc) is 2.83. The first-order valence-corrected chi connectivity index (χ1v) is 11.5. The standard InChI is InChI=1S/C26H29ClO7/c1-6-7-8-9-10-17-15(2)18-13-19(27)21(14-20(18)33-26(17)29)34-25(28)16-11-22(30-3)24(32-5)23(12-16)31-4/h11-14H,6-10H2,1-5H3. The van der Waals surface area contributed by atoms with Crippen molar-refractivity contribution in [2.75, 3.05) is 21.3 Å². The number of benzene rings is 2. The predicted molar refractivity (Wildman–Crippen MR) is 131 cm³/mol. The van der Waals surface area contributed by atoms with E-state index in [0.29, 0.717) is 40.2 Å². The van der Waals surface area contributed by atoms with E-state index in [4.69, 9.17) is 35.0 Å². The first kappa shape index (κ1) is 25.4. The molecule has 0 aliphatic rings. The zero-order chi connectivity index (χ0) is 24.8. The molecule has 0 N–H and O–H groups in total. The Morgan fingerprint density at radius 1 is 0.941 bits per heavy atom. The second-order valence-electron chi connectivity index (χ2n) is 7.89. The van der Waals surface area contributed by atoms with Gasteiger partial charge < -0.3 is 23.4 Å². The topological polar surface area (TPSA) is 84.2 Å². The van der Waals surface area contributed by atoms with E-state index in [9.17, 15) is 9.59 Å². The minimum atomic E-state index is -0.688. The molecule has 0 saturated heterocycles. The first-order chi connectivity index (χ1) is 16.3. The molecule has 8 heteroatoms. The van der Waals surface area contributed by atoms with E-state index in [2.05, 4.69) is 6.92 Å². The van der Waals surface area contributed by atoms with E-state index >= 15 is 0 Å². The van der Waals surface area contributed by atoms with Crippen LogP contribution in [-0.4, -0.2) is 27.3 Å². The maximum absolute atomic E-state index is 12.9. The van der Waals surface area contributed by atoms with E-state index in [1.165, 1.54) is 39.5 Å². The number of carbonyl (C=O) groups excluding carboxylic acids is 1. The highest BCUT2D eigenvalue weighted by Gasteiger charge is 2.20. The molecular weight excluding hydrogens is 460 g/mol. The van der Waals surface area contributed by atoms with Crippen LogP contribution < -0.4 is 24.6 Å². The number of carbonyl (C=O) groups is 1. The largest absolute Gasteiger partial charge is 0.493 e. The van der Waals surface area contributed by atoms with Gasteiger partial charge in [0.15, 0.2) is 17.2 Å². The summed E-state index contributed by atoms with van der Waals surface area (Å²) in [7, 11) is 4.38. The molecule has 1 aromatic heterocycles. The van der Waals surface area contributed by atoms with Crippen molar-refractivity contribution in [2.45, 2.75) is 46.0 Å². The average molecular weight is 489 g/mol. The minimum Gasteiger partial charge on any atom is -0.493 e. The van der Waals surface area contributed by atoms with Crippen LogP contribution in [0.25, 0.3) is 11.0 Å². The van der Waals surface area contributed by atoms with Crippen molar-refractivity contribution in [1.82, 2.24) is 0 Å². The van der Waals surface area contributed by atoms with Crippen LogP contribution in [0.5, 0.6) is 23.0 Å². The second-order valence-corrected chi connectivity index (χ2v) is 8.29. The lowest BCUT2D eigenvalue weighted by Gasteiger charge is -2.14. The van der Waals surface area contributed by atoms with Crippen molar-refractivity contribution < 1.29 is 28.2 Å². The van der Waals surface area contributed by atoms with Gasteiger partial charge in [-0.2, -0.15) is 0 Å². The zero-order valence-corrected chi connectivity index (χ0v) is 20.8. The van der Waals surface area contributed by atoms with Crippen molar-refractivity contribution in [1.29, 1.82) is 0 Å². The number of hydrogen-bond acceptors (Lipinski definition) is 7. The van der Waals surface area contributed by atoms with Gasteiger partial charge in [0.05, 0.1) is 31.9 Å². The Morgan fingerprint density at radius 2 is 1.62 bits per heavy atom. The summed E-state index contributed by atoms with van der Waals surface area (Å²) in [6.07, 6.45) is 4.88. The van der Waals surface area contributed by atoms with Crippen LogP contribution in [0.4, 0.5) is 0 Å². The molecule has 34 heavy (non-hydrogen) atoms. The van der Waals surface area contributed by atoms with Crippen LogP contribution in [0.3, 0.4) is 0 Å². The number of methoxy groups -OCH3 is 3. The maximum atomic E-state index is 12.9. The van der Waals surface area contributed by atoms with E-state index in [1.54, 1.807) is 6.07 Å². The van der Waals surface area contributed by atoms with Gasteiger partial charge >= 0.3 is 11.6 Å². The summed E-state index contributed by atoms with van der Waals surface area (Å²) in [6.45, 7) is 4.02. The summed E-state index contributed by atoms with van der Waals surface area (Å²) in [5.74, 6) is 0.365. The summed E-state index contributed by atoms with van der Waals surface area (Å²) < 4.78 is 26.9. The molecule has 0 radical (unpaired) electrons. The molecule has 3 aromatic rings. The molecule has 0 atom stereocenters. The van der Waals surface area contributed by atoms with Gasteiger partial charge in [0, 0.05) is 17.0 Å². The molecule has 0 spiro atoms. The fourth-order valence-corrected chi connectivity index (χ4v) is 4.05. The van der Waals surface area contributed by atoms with Crippen LogP contribution in [0.15, 0.2) is 33.5 Å². The Kier molecular flexibility index (Phi) is 8.45. The highest BCUT2D eigenvalue weighted by molar-refractivity contribution is 6.33. The van der Waals surface area contributed by atoms with E-state index in [-0.39, 0.29) is 22.0 Å². The lowest BCUT2D eigenvalue weighted by atomic mass is 10.0. The molecule has 0 aliphatic carbocycles. The van der Waals surface area contributed by atoms with E-state index in [1.807, 2.05) is 6.92 Å². The quantitative estimate of drug-likeness (QED) is 0.147. The van der Waals surface area contributed by atoms with Crippen molar-refractivity contribution >= 4 is 28.5 Å². The normalized spacial score (nSPS) is 10.9. The molecule has 1 heterocycles. The van der Waals surface area contributed by atoms with Gasteiger partial charge in [-0.1, -0.05) is 37.8 Å². The molecule has 0 fully saturated rings. The van der Waals surface area contributed by atoms with Crippen molar-refractivity contribution in [3.8, 4) is 23.0 Å². The molecular formula is C26H29ClO7. The third-order valence-electron chi connectivity index (χ3n) is 5.72. The molecule has 7 nitrogen and oxygen atoms in total. The third kappa shape index (κ3) is 5.30. The molecule has 0 saturated carbocycles. The van der Waals surface area contributed by atoms with Crippen LogP contribution in [0, 0.1) is 6.92 Å². The van der Waals surface area contributed by atoms with Gasteiger partial charge in [0.25, 0.3) is 0 Å². The molecule has 182 valence electrons. The van der Waals surface area contributed by atoms with Crippen molar-refractivity contribution in [2.24, 2.45) is 0 Å². The number of unbranched alkanes of at least 4 members (excludes halogenated alkanes) is 3. The number of hydrogen-bond donors (Lipinski definition) is 0. The predicted octanol–water partition coefficient (Wildman–Crippen LogP) is 6.12. The van der Waals surface area contributed by atoms with Crippen LogP contribution >= 0.6 is 11.6 Å². The van der Waals surface area contributed by atoms with Gasteiger partial charge in [-0.05, 0) is 43.5 Å². The van der Waals surface area contributed by atoms with Gasteiger partial charge in [-0.25, -0.2) is 9.59 Å². The Balaban J connectivity index is 1.93. The molecule has 0 unspecified atom stereocenters. The van der Waals surface area contributed by atoms with Gasteiger partial charge in [0.2, 0.25) is 5.75 Å². The lowest BCUT2D eigenvalue weighted by molar-refractivity contribution is 0.0734. The van der Waals surface area contributed by atoms with Crippen LogP contribution in [0.2, 0.25) is 5.02 Å². The SMILES string of the molecule is CCCCCCc1c(C)c2cc(Cl)c(OC(=O)c3cc(OC)c(OC)c(OC)c3)cc2oc1=O. The molecule has 3 rings (SSSR count). The van der Waals surface area contributed by atoms with Gasteiger partial charge in [-0.3, -0.25) is 0 Å². The number of ether oxygens (including phenoxy) is 4. The van der Waals surface area contributed by atoms with Crippen LogP contribution in [-0.2, 0) is 6.42 Å². The monoisotopic (exact) mass is 488 g/mol.